The number of benzene rings is 1. The van der Waals surface area contributed by atoms with E-state index < -0.39 is 0 Å². The topological polar surface area (TPSA) is 61.6 Å². The van der Waals surface area contributed by atoms with E-state index in [1.807, 2.05) is 0 Å². The van der Waals surface area contributed by atoms with Crippen LogP contribution in [0.15, 0.2) is 18.2 Å². The molecule has 5 nitrogen and oxygen atoms in total. The van der Waals surface area contributed by atoms with Crippen LogP contribution >= 0.6 is 0 Å². The lowest BCUT2D eigenvalue weighted by Crippen LogP contribution is -2.56. The Morgan fingerprint density at radius 3 is 3.10 bits per heavy atom. The molecule has 1 aromatic carbocycles. The minimum Gasteiger partial charge on any atom is -0.374 e. The summed E-state index contributed by atoms with van der Waals surface area (Å²) in [5, 5.41) is 3.24. The van der Waals surface area contributed by atoms with Gasteiger partial charge in [0.2, 0.25) is 5.91 Å². The summed E-state index contributed by atoms with van der Waals surface area (Å²) in [5.41, 5.74) is 9.56. The molecule has 2 heterocycles. The summed E-state index contributed by atoms with van der Waals surface area (Å²) in [5.74, 6) is -0.236. The van der Waals surface area contributed by atoms with Gasteiger partial charge in [-0.1, -0.05) is 12.1 Å². The van der Waals surface area contributed by atoms with Crippen molar-refractivity contribution in [2.45, 2.75) is 25.4 Å². The number of piperazine rings is 1. The molecule has 2 aliphatic heterocycles. The summed E-state index contributed by atoms with van der Waals surface area (Å²) < 4.78 is 0. The SMILES string of the molecule is CN1CCCc2cc(CN3CCNCC3C(N)=O)ccc21. The van der Waals surface area contributed by atoms with Gasteiger partial charge in [-0.05, 0) is 30.0 Å². The number of nitrogens with zero attached hydrogens (tertiary/aromatic N) is 2. The van der Waals surface area contributed by atoms with E-state index in [0.29, 0.717) is 6.54 Å². The first-order chi connectivity index (χ1) is 10.1. The highest BCUT2D eigenvalue weighted by atomic mass is 16.1. The molecule has 3 N–H and O–H groups in total. The first-order valence-electron chi connectivity index (χ1n) is 7.72. The van der Waals surface area contributed by atoms with Gasteiger partial charge in [-0.3, -0.25) is 9.69 Å². The molecule has 2 aliphatic rings. The van der Waals surface area contributed by atoms with Gasteiger partial charge in [0.15, 0.2) is 0 Å². The highest BCUT2D eigenvalue weighted by Crippen LogP contribution is 2.27. The number of aryl methyl sites for hydroxylation is 1. The second kappa shape index (κ2) is 6.03. The van der Waals surface area contributed by atoms with Crippen LogP contribution in [-0.4, -0.2) is 50.1 Å². The van der Waals surface area contributed by atoms with Crippen LogP contribution in [0.2, 0.25) is 0 Å². The summed E-state index contributed by atoms with van der Waals surface area (Å²) in [6.07, 6.45) is 2.36. The van der Waals surface area contributed by atoms with E-state index in [1.165, 1.54) is 23.2 Å². The van der Waals surface area contributed by atoms with Gasteiger partial charge in [0.1, 0.15) is 6.04 Å². The van der Waals surface area contributed by atoms with Crippen molar-refractivity contribution in [3.63, 3.8) is 0 Å². The molecule has 1 aromatic rings. The first-order valence-corrected chi connectivity index (χ1v) is 7.72. The summed E-state index contributed by atoms with van der Waals surface area (Å²) in [4.78, 5) is 16.1. The molecule has 0 aliphatic carbocycles. The van der Waals surface area contributed by atoms with Crippen molar-refractivity contribution in [2.75, 3.05) is 38.1 Å². The summed E-state index contributed by atoms with van der Waals surface area (Å²) in [6.45, 7) is 4.37. The van der Waals surface area contributed by atoms with Crippen LogP contribution in [0.5, 0.6) is 0 Å². The Morgan fingerprint density at radius 1 is 1.43 bits per heavy atom. The van der Waals surface area contributed by atoms with Crippen molar-refractivity contribution >= 4 is 11.6 Å². The molecule has 1 saturated heterocycles. The fourth-order valence-electron chi connectivity index (χ4n) is 3.39. The van der Waals surface area contributed by atoms with E-state index in [1.54, 1.807) is 0 Å². The van der Waals surface area contributed by atoms with Crippen LogP contribution in [0.3, 0.4) is 0 Å². The molecule has 1 atom stereocenters. The predicted molar refractivity (Wildman–Crippen MR) is 84.3 cm³/mol. The van der Waals surface area contributed by atoms with Gasteiger partial charge in [0.25, 0.3) is 0 Å². The predicted octanol–water partition coefficient (Wildman–Crippen LogP) is 0.328. The van der Waals surface area contributed by atoms with Crippen LogP contribution in [0.4, 0.5) is 5.69 Å². The van der Waals surface area contributed by atoms with Crippen LogP contribution in [0.25, 0.3) is 0 Å². The number of primary amides is 1. The number of carbonyl (C=O) groups excluding carboxylic acids is 1. The zero-order valence-electron chi connectivity index (χ0n) is 12.6. The lowest BCUT2D eigenvalue weighted by molar-refractivity contribution is -0.124. The van der Waals surface area contributed by atoms with Gasteiger partial charge in [-0.15, -0.1) is 0 Å². The number of fused-ring (bicyclic) bond motifs is 1. The van der Waals surface area contributed by atoms with E-state index in [-0.39, 0.29) is 11.9 Å². The third-order valence-electron chi connectivity index (χ3n) is 4.56. The minimum atomic E-state index is -0.236. The highest BCUT2D eigenvalue weighted by Gasteiger charge is 2.26. The number of hydrogen-bond acceptors (Lipinski definition) is 4. The van der Waals surface area contributed by atoms with E-state index in [2.05, 4.69) is 40.4 Å². The molecule has 5 heteroatoms. The van der Waals surface area contributed by atoms with Gasteiger partial charge in [0.05, 0.1) is 0 Å². The number of nitrogens with one attached hydrogen (secondary N) is 1. The normalized spacial score (nSPS) is 22.9. The van der Waals surface area contributed by atoms with Gasteiger partial charge < -0.3 is 16.0 Å². The van der Waals surface area contributed by atoms with Crippen LogP contribution < -0.4 is 16.0 Å². The number of hydrogen-bond donors (Lipinski definition) is 2. The maximum absolute atomic E-state index is 11.6. The second-order valence-electron chi connectivity index (χ2n) is 6.08. The first kappa shape index (κ1) is 14.4. The van der Waals surface area contributed by atoms with Gasteiger partial charge in [0, 0.05) is 45.5 Å². The molecule has 1 unspecified atom stereocenters. The number of rotatable bonds is 3. The third-order valence-corrected chi connectivity index (χ3v) is 4.56. The quantitative estimate of drug-likeness (QED) is 0.841. The van der Waals surface area contributed by atoms with Crippen molar-refractivity contribution in [1.29, 1.82) is 0 Å². The molecule has 0 spiro atoms. The maximum Gasteiger partial charge on any atom is 0.236 e. The Morgan fingerprint density at radius 2 is 2.29 bits per heavy atom. The van der Waals surface area contributed by atoms with Crippen LogP contribution in [0, 0.1) is 0 Å². The van der Waals surface area contributed by atoms with E-state index in [4.69, 9.17) is 5.73 Å². The lowest BCUT2D eigenvalue weighted by Gasteiger charge is -2.34. The standard InChI is InChI=1S/C16H24N4O/c1-19-7-2-3-13-9-12(4-5-14(13)19)11-20-8-6-18-10-15(20)16(17)21/h4-5,9,15,18H,2-3,6-8,10-11H2,1H3,(H2,17,21). The fourth-order valence-corrected chi connectivity index (χ4v) is 3.39. The van der Waals surface area contributed by atoms with Crippen molar-refractivity contribution < 1.29 is 4.79 Å². The van der Waals surface area contributed by atoms with Gasteiger partial charge in [-0.25, -0.2) is 0 Å². The molecule has 21 heavy (non-hydrogen) atoms. The van der Waals surface area contributed by atoms with Crippen molar-refractivity contribution in [3.05, 3.63) is 29.3 Å². The molecule has 1 fully saturated rings. The Kier molecular flexibility index (Phi) is 4.12. The Bertz CT molecular complexity index is 531. The Hall–Kier alpha value is -1.59. The number of carbonyl (C=O) groups is 1. The number of anilines is 1. The second-order valence-corrected chi connectivity index (χ2v) is 6.08. The number of amides is 1. The molecule has 1 amide bonds. The van der Waals surface area contributed by atoms with E-state index in [0.717, 1.165) is 32.6 Å². The summed E-state index contributed by atoms with van der Waals surface area (Å²) in [6, 6.07) is 6.49. The minimum absolute atomic E-state index is 0.197. The molecular weight excluding hydrogens is 264 g/mol. The molecular formula is C16H24N4O. The molecule has 3 rings (SSSR count). The third kappa shape index (κ3) is 3.04. The number of nitrogens with two attached hydrogens (primary N) is 1. The van der Waals surface area contributed by atoms with Gasteiger partial charge >= 0.3 is 0 Å². The largest absolute Gasteiger partial charge is 0.374 e. The average Bonchev–Trinajstić information content (AvgIpc) is 2.48. The van der Waals surface area contributed by atoms with E-state index >= 15 is 0 Å². The zero-order chi connectivity index (χ0) is 14.8. The molecule has 0 radical (unpaired) electrons. The maximum atomic E-state index is 11.6. The zero-order valence-corrected chi connectivity index (χ0v) is 12.6. The Balaban J connectivity index is 1.76. The monoisotopic (exact) mass is 288 g/mol. The van der Waals surface area contributed by atoms with Crippen LogP contribution in [0.1, 0.15) is 17.5 Å². The molecule has 114 valence electrons. The van der Waals surface area contributed by atoms with Crippen molar-refractivity contribution in [1.82, 2.24) is 10.2 Å². The average molecular weight is 288 g/mol. The van der Waals surface area contributed by atoms with Gasteiger partial charge in [-0.2, -0.15) is 0 Å². The fraction of sp³-hybridized carbons (Fsp3) is 0.562. The summed E-state index contributed by atoms with van der Waals surface area (Å²) >= 11 is 0. The Labute approximate surface area is 126 Å². The smallest absolute Gasteiger partial charge is 0.236 e. The lowest BCUT2D eigenvalue weighted by atomic mass is 9.99. The van der Waals surface area contributed by atoms with Crippen molar-refractivity contribution in [2.24, 2.45) is 5.73 Å². The summed E-state index contributed by atoms with van der Waals surface area (Å²) in [7, 11) is 2.15. The molecule has 0 aromatic heterocycles. The van der Waals surface area contributed by atoms with Crippen molar-refractivity contribution in [3.8, 4) is 0 Å². The highest BCUT2D eigenvalue weighted by molar-refractivity contribution is 5.80. The molecule has 0 saturated carbocycles. The van der Waals surface area contributed by atoms with Crippen LogP contribution in [-0.2, 0) is 17.8 Å². The van der Waals surface area contributed by atoms with E-state index in [9.17, 15) is 4.79 Å². The molecule has 0 bridgehead atoms.